The molecule has 10 nitrogen and oxygen atoms in total. The summed E-state index contributed by atoms with van der Waals surface area (Å²) in [5.41, 5.74) is 1.89. The van der Waals surface area contributed by atoms with E-state index in [-0.39, 0.29) is 5.69 Å². The third-order valence-corrected chi connectivity index (χ3v) is 4.44. The Morgan fingerprint density at radius 2 is 1.93 bits per heavy atom. The highest BCUT2D eigenvalue weighted by Gasteiger charge is 2.50. The van der Waals surface area contributed by atoms with Crippen LogP contribution in [0.15, 0.2) is 48.5 Å². The molecule has 1 heterocycles. The summed E-state index contributed by atoms with van der Waals surface area (Å²) in [5, 5.41) is 13.9. The number of nitrogens with one attached hydrogen (secondary N) is 2. The molecule has 0 saturated carbocycles. The molecular formula is C19H18N4O6. The van der Waals surface area contributed by atoms with E-state index in [1.807, 2.05) is 13.0 Å². The van der Waals surface area contributed by atoms with Crippen molar-refractivity contribution in [3.05, 3.63) is 69.8 Å². The number of carbonyl (C=O) groups excluding carboxylic acids is 3. The molecule has 0 aromatic heterocycles. The van der Waals surface area contributed by atoms with Crippen molar-refractivity contribution in [2.45, 2.75) is 19.4 Å². The first kappa shape index (κ1) is 19.8. The summed E-state index contributed by atoms with van der Waals surface area (Å²) in [7, 11) is 0. The summed E-state index contributed by atoms with van der Waals surface area (Å²) < 4.78 is 5.36. The van der Waals surface area contributed by atoms with Gasteiger partial charge in [0.25, 0.3) is 17.5 Å². The number of hydrogen-bond acceptors (Lipinski definition) is 6. The van der Waals surface area contributed by atoms with Gasteiger partial charge in [0, 0.05) is 12.1 Å². The Bertz CT molecular complexity index is 990. The number of amides is 4. The minimum Gasteiger partial charge on any atom is -0.484 e. The lowest BCUT2D eigenvalue weighted by molar-refractivity contribution is -0.384. The highest BCUT2D eigenvalue weighted by Crippen LogP contribution is 2.29. The highest BCUT2D eigenvalue weighted by molar-refractivity contribution is 6.08. The van der Waals surface area contributed by atoms with Gasteiger partial charge in [0.1, 0.15) is 11.3 Å². The fourth-order valence-corrected chi connectivity index (χ4v) is 2.86. The van der Waals surface area contributed by atoms with Crippen LogP contribution in [0.1, 0.15) is 18.1 Å². The van der Waals surface area contributed by atoms with Crippen molar-refractivity contribution in [2.75, 3.05) is 6.61 Å². The van der Waals surface area contributed by atoms with E-state index in [1.54, 1.807) is 18.2 Å². The maximum absolute atomic E-state index is 12.8. The van der Waals surface area contributed by atoms with E-state index < -0.39 is 34.9 Å². The van der Waals surface area contributed by atoms with Crippen molar-refractivity contribution >= 4 is 23.5 Å². The third kappa shape index (κ3) is 4.00. The van der Waals surface area contributed by atoms with Gasteiger partial charge in [0.2, 0.25) is 0 Å². The van der Waals surface area contributed by atoms with E-state index in [4.69, 9.17) is 4.74 Å². The first-order chi connectivity index (χ1) is 13.7. The first-order valence-electron chi connectivity index (χ1n) is 8.61. The number of nitro benzene ring substituents is 1. The van der Waals surface area contributed by atoms with Gasteiger partial charge in [-0.1, -0.05) is 12.1 Å². The van der Waals surface area contributed by atoms with Crippen LogP contribution in [0.3, 0.4) is 0 Å². The molecule has 1 aliphatic rings. The van der Waals surface area contributed by atoms with Crippen molar-refractivity contribution in [1.29, 1.82) is 0 Å². The van der Waals surface area contributed by atoms with Gasteiger partial charge in [-0.3, -0.25) is 25.1 Å². The Balaban J connectivity index is 1.68. The summed E-state index contributed by atoms with van der Waals surface area (Å²) in [4.78, 5) is 47.3. The van der Waals surface area contributed by atoms with Gasteiger partial charge in [-0.2, -0.15) is 5.01 Å². The van der Waals surface area contributed by atoms with E-state index in [1.165, 1.54) is 31.2 Å². The lowest BCUT2D eigenvalue weighted by Crippen LogP contribution is -2.49. The zero-order chi connectivity index (χ0) is 21.2. The van der Waals surface area contributed by atoms with Gasteiger partial charge in [-0.05, 0) is 49.2 Å². The van der Waals surface area contributed by atoms with Crippen molar-refractivity contribution in [2.24, 2.45) is 0 Å². The number of carbonyl (C=O) groups is 3. The van der Waals surface area contributed by atoms with Crippen LogP contribution in [0.5, 0.6) is 5.75 Å². The number of nitrogens with zero attached hydrogens (tertiary/aromatic N) is 2. The molecule has 2 aromatic rings. The van der Waals surface area contributed by atoms with E-state index in [2.05, 4.69) is 10.7 Å². The number of nitro groups is 1. The molecular weight excluding hydrogens is 380 g/mol. The second-order valence-corrected chi connectivity index (χ2v) is 6.64. The minimum atomic E-state index is -1.48. The molecule has 1 fully saturated rings. The number of aryl methyl sites for hydroxylation is 1. The van der Waals surface area contributed by atoms with Crippen LogP contribution in [0, 0.1) is 17.0 Å². The van der Waals surface area contributed by atoms with Gasteiger partial charge >= 0.3 is 6.03 Å². The number of non-ortho nitro benzene ring substituents is 1. The number of imide groups is 1. The Hall–Kier alpha value is -3.95. The highest BCUT2D eigenvalue weighted by atomic mass is 16.6. The maximum atomic E-state index is 12.8. The summed E-state index contributed by atoms with van der Waals surface area (Å²) in [6.45, 7) is 2.93. The Morgan fingerprint density at radius 3 is 2.55 bits per heavy atom. The average molecular weight is 398 g/mol. The van der Waals surface area contributed by atoms with Gasteiger partial charge in [-0.25, -0.2) is 4.79 Å². The molecule has 10 heteroatoms. The van der Waals surface area contributed by atoms with Crippen molar-refractivity contribution in [1.82, 2.24) is 15.8 Å². The molecule has 0 bridgehead atoms. The lowest BCUT2D eigenvalue weighted by atomic mass is 9.92. The molecule has 0 aliphatic carbocycles. The van der Waals surface area contributed by atoms with E-state index in [0.29, 0.717) is 16.3 Å². The van der Waals surface area contributed by atoms with Crippen molar-refractivity contribution < 1.29 is 24.0 Å². The summed E-state index contributed by atoms with van der Waals surface area (Å²) in [6.07, 6.45) is 0. The number of hydrazine groups is 1. The quantitative estimate of drug-likeness (QED) is 0.433. The monoisotopic (exact) mass is 398 g/mol. The van der Waals surface area contributed by atoms with Crippen molar-refractivity contribution in [3.63, 3.8) is 0 Å². The number of hydrogen-bond donors (Lipinski definition) is 2. The molecule has 1 saturated heterocycles. The number of benzene rings is 2. The second kappa shape index (κ2) is 7.58. The summed E-state index contributed by atoms with van der Waals surface area (Å²) >= 11 is 0. The smallest absolute Gasteiger partial charge is 0.344 e. The van der Waals surface area contributed by atoms with Crippen LogP contribution in [-0.2, 0) is 15.1 Å². The van der Waals surface area contributed by atoms with Gasteiger partial charge in [0.15, 0.2) is 6.61 Å². The standard InChI is InChI=1S/C19H18N4O6/c1-12-4-3-5-15(10-12)29-11-16(24)21-22-17(25)19(2,20-18(22)26)13-6-8-14(9-7-13)23(27)28/h3-10H,11H2,1-2H3,(H,20,26)(H,21,24)/t19-/m1/s1. The first-order valence-corrected chi connectivity index (χ1v) is 8.61. The molecule has 0 spiro atoms. The molecule has 1 atom stereocenters. The summed E-state index contributed by atoms with van der Waals surface area (Å²) in [5.74, 6) is -0.934. The molecule has 2 aromatic carbocycles. The number of urea groups is 1. The second-order valence-electron chi connectivity index (χ2n) is 6.64. The predicted molar refractivity (Wildman–Crippen MR) is 101 cm³/mol. The van der Waals surface area contributed by atoms with Crippen LogP contribution < -0.4 is 15.5 Å². The van der Waals surface area contributed by atoms with E-state index in [9.17, 15) is 24.5 Å². The van der Waals surface area contributed by atoms with Gasteiger partial charge < -0.3 is 10.1 Å². The van der Waals surface area contributed by atoms with Crippen molar-refractivity contribution in [3.8, 4) is 5.75 Å². The van der Waals surface area contributed by atoms with Crippen LogP contribution >= 0.6 is 0 Å². The van der Waals surface area contributed by atoms with E-state index >= 15 is 0 Å². The molecule has 3 rings (SSSR count). The maximum Gasteiger partial charge on any atom is 0.344 e. The number of ether oxygens (including phenoxy) is 1. The normalized spacial score (nSPS) is 18.3. The zero-order valence-electron chi connectivity index (χ0n) is 15.7. The lowest BCUT2D eigenvalue weighted by Gasteiger charge is -2.22. The van der Waals surface area contributed by atoms with Gasteiger partial charge in [-0.15, -0.1) is 0 Å². The fourth-order valence-electron chi connectivity index (χ4n) is 2.86. The summed E-state index contributed by atoms with van der Waals surface area (Å²) in [6, 6.07) is 11.5. The minimum absolute atomic E-state index is 0.146. The molecule has 1 aliphatic heterocycles. The fraction of sp³-hybridized carbons (Fsp3) is 0.211. The topological polar surface area (TPSA) is 131 Å². The largest absolute Gasteiger partial charge is 0.484 e. The van der Waals surface area contributed by atoms with Gasteiger partial charge in [0.05, 0.1) is 4.92 Å². The third-order valence-electron chi connectivity index (χ3n) is 4.44. The Kier molecular flexibility index (Phi) is 5.18. The SMILES string of the molecule is Cc1cccc(OCC(=O)NN2C(=O)N[C@](C)(c3ccc([N+](=O)[O-])cc3)C2=O)c1. The van der Waals surface area contributed by atoms with Crippen LogP contribution in [0.25, 0.3) is 0 Å². The van der Waals surface area contributed by atoms with E-state index in [0.717, 1.165) is 5.56 Å². The molecule has 4 amide bonds. The molecule has 0 unspecified atom stereocenters. The molecule has 150 valence electrons. The van der Waals surface area contributed by atoms with Crippen LogP contribution in [-0.4, -0.2) is 34.4 Å². The number of rotatable bonds is 6. The average Bonchev–Trinajstić information content (AvgIpc) is 2.90. The van der Waals surface area contributed by atoms with Crippen LogP contribution in [0.2, 0.25) is 0 Å². The molecule has 29 heavy (non-hydrogen) atoms. The predicted octanol–water partition coefficient (Wildman–Crippen LogP) is 1.78. The molecule has 0 radical (unpaired) electrons. The Morgan fingerprint density at radius 1 is 1.24 bits per heavy atom. The van der Waals surface area contributed by atoms with Crippen LogP contribution in [0.4, 0.5) is 10.5 Å². The Labute approximate surface area is 165 Å². The zero-order valence-corrected chi connectivity index (χ0v) is 15.7. The molecule has 2 N–H and O–H groups in total.